The van der Waals surface area contributed by atoms with Gasteiger partial charge in [-0.05, 0) is 25.1 Å². The van der Waals surface area contributed by atoms with Crippen LogP contribution in [-0.2, 0) is 0 Å². The van der Waals surface area contributed by atoms with Gasteiger partial charge in [0.25, 0.3) is 5.91 Å². The Labute approximate surface area is 115 Å². The zero-order valence-corrected chi connectivity index (χ0v) is 11.6. The number of rotatable bonds is 5. The van der Waals surface area contributed by atoms with Crippen molar-refractivity contribution < 1.29 is 13.9 Å². The second kappa shape index (κ2) is 6.25. The Morgan fingerprint density at radius 2 is 2.06 bits per heavy atom. The van der Waals surface area contributed by atoms with Crippen LogP contribution in [0.4, 0.5) is 4.39 Å². The number of hydrogen-bond acceptors (Lipinski definition) is 2. The Morgan fingerprint density at radius 1 is 1.44 bits per heavy atom. The lowest BCUT2D eigenvalue weighted by molar-refractivity contribution is 0.0921. The molecule has 0 saturated carbocycles. The minimum absolute atomic E-state index is 0.0870. The lowest BCUT2D eigenvalue weighted by atomic mass is 10.1. The van der Waals surface area contributed by atoms with Crippen molar-refractivity contribution in [2.24, 2.45) is 0 Å². The van der Waals surface area contributed by atoms with Crippen LogP contribution < -0.4 is 10.1 Å². The normalized spacial score (nSPS) is 11.2. The third-order valence-corrected chi connectivity index (χ3v) is 3.60. The summed E-state index contributed by atoms with van der Waals surface area (Å²) >= 11 is 11.5. The Bertz CT molecular complexity index is 436. The molecule has 100 valence electrons. The fourth-order valence-corrected chi connectivity index (χ4v) is 1.68. The highest BCUT2D eigenvalue weighted by atomic mass is 35.5. The molecular formula is C12H14Cl2FNO2. The molecule has 0 atom stereocenters. The van der Waals surface area contributed by atoms with E-state index in [1.54, 1.807) is 6.92 Å². The van der Waals surface area contributed by atoms with Crippen LogP contribution in [0.25, 0.3) is 0 Å². The summed E-state index contributed by atoms with van der Waals surface area (Å²) in [6, 6.07) is 3.97. The van der Waals surface area contributed by atoms with E-state index in [1.807, 2.05) is 0 Å². The second-order valence-corrected chi connectivity index (χ2v) is 4.67. The molecule has 1 N–H and O–H groups in total. The molecule has 0 unspecified atom stereocenters. The van der Waals surface area contributed by atoms with Crippen molar-refractivity contribution in [1.29, 1.82) is 0 Å². The number of amides is 1. The van der Waals surface area contributed by atoms with Crippen molar-refractivity contribution in [2.75, 3.05) is 18.9 Å². The lowest BCUT2D eigenvalue weighted by Crippen LogP contribution is -2.49. The number of benzene rings is 1. The standard InChI is InChI=1S/C12H14Cl2FNO2/c1-12(6-13,7-14)16-11(17)8-3-4-10(18-2)9(15)5-8/h3-5H,6-7H2,1-2H3,(H,16,17). The quantitative estimate of drug-likeness (QED) is 0.848. The molecular weight excluding hydrogens is 280 g/mol. The molecule has 0 aliphatic heterocycles. The summed E-state index contributed by atoms with van der Waals surface area (Å²) in [7, 11) is 1.36. The molecule has 0 saturated heterocycles. The van der Waals surface area contributed by atoms with E-state index in [0.29, 0.717) is 0 Å². The highest BCUT2D eigenvalue weighted by molar-refractivity contribution is 6.22. The van der Waals surface area contributed by atoms with Crippen molar-refractivity contribution in [2.45, 2.75) is 12.5 Å². The number of ether oxygens (including phenoxy) is 1. The maximum Gasteiger partial charge on any atom is 0.251 e. The van der Waals surface area contributed by atoms with E-state index in [2.05, 4.69) is 5.32 Å². The predicted octanol–water partition coefficient (Wildman–Crippen LogP) is 2.80. The monoisotopic (exact) mass is 293 g/mol. The average Bonchev–Trinajstić information content (AvgIpc) is 2.38. The van der Waals surface area contributed by atoms with Gasteiger partial charge in [0.1, 0.15) is 0 Å². The number of alkyl halides is 2. The number of carbonyl (C=O) groups is 1. The molecule has 3 nitrogen and oxygen atoms in total. The predicted molar refractivity (Wildman–Crippen MR) is 70.3 cm³/mol. The van der Waals surface area contributed by atoms with E-state index < -0.39 is 17.3 Å². The smallest absolute Gasteiger partial charge is 0.251 e. The average molecular weight is 294 g/mol. The van der Waals surface area contributed by atoms with Gasteiger partial charge in [0, 0.05) is 17.3 Å². The molecule has 6 heteroatoms. The summed E-state index contributed by atoms with van der Waals surface area (Å²) in [5.41, 5.74) is -0.536. The van der Waals surface area contributed by atoms with Gasteiger partial charge in [0.2, 0.25) is 0 Å². The van der Waals surface area contributed by atoms with Crippen molar-refractivity contribution in [3.8, 4) is 5.75 Å². The van der Waals surface area contributed by atoms with E-state index in [-0.39, 0.29) is 23.1 Å². The summed E-state index contributed by atoms with van der Waals surface area (Å²) in [5, 5.41) is 2.66. The van der Waals surface area contributed by atoms with Gasteiger partial charge in [-0.1, -0.05) is 0 Å². The zero-order valence-electron chi connectivity index (χ0n) is 10.1. The van der Waals surface area contributed by atoms with Gasteiger partial charge >= 0.3 is 0 Å². The Hall–Kier alpha value is -1.00. The first-order chi connectivity index (χ1) is 8.45. The zero-order chi connectivity index (χ0) is 13.8. The van der Waals surface area contributed by atoms with Gasteiger partial charge in [0.05, 0.1) is 12.6 Å². The highest BCUT2D eigenvalue weighted by Gasteiger charge is 2.25. The third kappa shape index (κ3) is 3.50. The van der Waals surface area contributed by atoms with Crippen molar-refractivity contribution in [3.63, 3.8) is 0 Å². The maximum atomic E-state index is 13.5. The second-order valence-electron chi connectivity index (χ2n) is 4.13. The van der Waals surface area contributed by atoms with Gasteiger partial charge in [-0.15, -0.1) is 23.2 Å². The molecule has 0 aliphatic carbocycles. The fourth-order valence-electron chi connectivity index (χ4n) is 1.26. The van der Waals surface area contributed by atoms with Crippen molar-refractivity contribution in [3.05, 3.63) is 29.6 Å². The minimum Gasteiger partial charge on any atom is -0.494 e. The van der Waals surface area contributed by atoms with Crippen molar-refractivity contribution >= 4 is 29.1 Å². The molecule has 0 heterocycles. The number of carbonyl (C=O) groups excluding carboxylic acids is 1. The summed E-state index contributed by atoms with van der Waals surface area (Å²) in [5.74, 6) is -0.602. The van der Waals surface area contributed by atoms with Gasteiger partial charge in [-0.25, -0.2) is 4.39 Å². The maximum absolute atomic E-state index is 13.5. The number of methoxy groups -OCH3 is 1. The van der Waals surface area contributed by atoms with Crippen LogP contribution in [0.1, 0.15) is 17.3 Å². The van der Waals surface area contributed by atoms with Gasteiger partial charge in [-0.3, -0.25) is 4.79 Å². The number of halogens is 3. The minimum atomic E-state index is -0.726. The highest BCUT2D eigenvalue weighted by Crippen LogP contribution is 2.18. The number of hydrogen-bond donors (Lipinski definition) is 1. The first-order valence-corrected chi connectivity index (χ1v) is 6.30. The van der Waals surface area contributed by atoms with E-state index >= 15 is 0 Å². The molecule has 1 aromatic carbocycles. The third-order valence-electron chi connectivity index (χ3n) is 2.42. The van der Waals surface area contributed by atoms with Crippen LogP contribution in [0, 0.1) is 5.82 Å². The van der Waals surface area contributed by atoms with Crippen LogP contribution >= 0.6 is 23.2 Å². The topological polar surface area (TPSA) is 38.3 Å². The van der Waals surface area contributed by atoms with Gasteiger partial charge in [0.15, 0.2) is 11.6 Å². The molecule has 1 rings (SSSR count). The molecule has 0 bridgehead atoms. The van der Waals surface area contributed by atoms with E-state index in [9.17, 15) is 9.18 Å². The van der Waals surface area contributed by atoms with E-state index in [0.717, 1.165) is 6.07 Å². The van der Waals surface area contributed by atoms with Gasteiger partial charge in [-0.2, -0.15) is 0 Å². The summed E-state index contributed by atoms with van der Waals surface area (Å²) in [6.07, 6.45) is 0. The first-order valence-electron chi connectivity index (χ1n) is 5.24. The van der Waals surface area contributed by atoms with Gasteiger partial charge < -0.3 is 10.1 Å². The molecule has 0 aromatic heterocycles. The van der Waals surface area contributed by atoms with Crippen LogP contribution in [0.2, 0.25) is 0 Å². The van der Waals surface area contributed by atoms with Crippen LogP contribution in [-0.4, -0.2) is 30.3 Å². The summed E-state index contributed by atoms with van der Waals surface area (Å²) in [6.45, 7) is 1.71. The van der Waals surface area contributed by atoms with E-state index in [1.165, 1.54) is 19.2 Å². The molecule has 0 aliphatic rings. The molecule has 0 radical (unpaired) electrons. The largest absolute Gasteiger partial charge is 0.494 e. The molecule has 1 aromatic rings. The molecule has 18 heavy (non-hydrogen) atoms. The molecule has 1 amide bonds. The Balaban J connectivity index is 2.88. The number of nitrogens with one attached hydrogen (secondary N) is 1. The summed E-state index contributed by atoms with van der Waals surface area (Å²) in [4.78, 5) is 11.9. The van der Waals surface area contributed by atoms with Crippen LogP contribution in [0.5, 0.6) is 5.75 Å². The van der Waals surface area contributed by atoms with Crippen LogP contribution in [0.15, 0.2) is 18.2 Å². The van der Waals surface area contributed by atoms with Crippen molar-refractivity contribution in [1.82, 2.24) is 5.32 Å². The van der Waals surface area contributed by atoms with E-state index in [4.69, 9.17) is 27.9 Å². The molecule has 0 fully saturated rings. The summed E-state index contributed by atoms with van der Waals surface area (Å²) < 4.78 is 18.2. The fraction of sp³-hybridized carbons (Fsp3) is 0.417. The first kappa shape index (κ1) is 15.1. The Kier molecular flexibility index (Phi) is 5.23. The SMILES string of the molecule is COc1ccc(C(=O)NC(C)(CCl)CCl)cc1F. The Morgan fingerprint density at radius 3 is 2.50 bits per heavy atom. The van der Waals surface area contributed by atoms with Crippen LogP contribution in [0.3, 0.4) is 0 Å². The molecule has 0 spiro atoms. The lowest BCUT2D eigenvalue weighted by Gasteiger charge is -2.25.